The topological polar surface area (TPSA) is 96.5 Å². The van der Waals surface area contributed by atoms with E-state index in [9.17, 15) is 14.0 Å². The predicted octanol–water partition coefficient (Wildman–Crippen LogP) is 8.37. The van der Waals surface area contributed by atoms with Gasteiger partial charge in [-0.2, -0.15) is 5.10 Å². The van der Waals surface area contributed by atoms with Gasteiger partial charge >= 0.3 is 0 Å². The summed E-state index contributed by atoms with van der Waals surface area (Å²) in [6, 6.07) is 32.3. The molecule has 2 heterocycles. The Morgan fingerprint density at radius 1 is 0.957 bits per heavy atom. The summed E-state index contributed by atoms with van der Waals surface area (Å²) in [5.41, 5.74) is 4.09. The lowest BCUT2D eigenvalue weighted by Crippen LogP contribution is -2.28. The number of anilines is 1. The van der Waals surface area contributed by atoms with E-state index in [-0.39, 0.29) is 19.1 Å². The number of carbonyl (C=O) groups excluding carboxylic acids is 2. The molecule has 47 heavy (non-hydrogen) atoms. The molecule has 0 radical (unpaired) electrons. The third-order valence-corrected chi connectivity index (χ3v) is 8.39. The number of thioether (sulfide) groups is 1. The van der Waals surface area contributed by atoms with Gasteiger partial charge in [-0.05, 0) is 89.1 Å². The maximum Gasteiger partial charge on any atom is 0.267 e. The molecule has 0 unspecified atom stereocenters. The minimum Gasteiger partial charge on any atom is -0.483 e. The molecule has 11 heteroatoms. The van der Waals surface area contributed by atoms with Crippen LogP contribution in [0.3, 0.4) is 0 Å². The molecule has 0 atom stereocenters. The molecule has 0 bridgehead atoms. The Hall–Kier alpha value is -5.26. The van der Waals surface area contributed by atoms with Crippen LogP contribution in [0.4, 0.5) is 10.1 Å². The standard InChI is InChI=1S/C36H26BrFN4O4S/c37-28-12-17-32(46-23-34(43)40-30-15-13-29(38)14-16-30)27(19-28)20-33-35(44)42(22-31-7-4-18-45-31)36(47-33)41-39-21-24-8-10-26(11-9-24)25-5-2-1-3-6-25/h1-21H,22-23H2,(H,40,43)/b33-20-,39-21-,41-36+. The second-order valence-corrected chi connectivity index (χ2v) is 12.1. The fourth-order valence-electron chi connectivity index (χ4n) is 4.60. The van der Waals surface area contributed by atoms with Crippen molar-refractivity contribution in [3.8, 4) is 16.9 Å². The van der Waals surface area contributed by atoms with Crippen molar-refractivity contribution in [3.05, 3.63) is 148 Å². The average Bonchev–Trinajstić information content (AvgIpc) is 3.70. The molecular weight excluding hydrogens is 683 g/mol. The first-order chi connectivity index (χ1) is 22.9. The fraction of sp³-hybridized carbons (Fsp3) is 0.0556. The number of nitrogens with one attached hydrogen (secondary N) is 1. The van der Waals surface area contributed by atoms with Crippen molar-refractivity contribution in [1.82, 2.24) is 4.90 Å². The van der Waals surface area contributed by atoms with E-state index in [0.29, 0.717) is 32.8 Å². The van der Waals surface area contributed by atoms with Crippen LogP contribution in [-0.2, 0) is 16.1 Å². The number of benzene rings is 4. The van der Waals surface area contributed by atoms with Gasteiger partial charge in [-0.3, -0.25) is 14.5 Å². The van der Waals surface area contributed by atoms with E-state index in [1.807, 2.05) is 42.5 Å². The largest absolute Gasteiger partial charge is 0.483 e. The molecular formula is C36H26BrFN4O4S. The van der Waals surface area contributed by atoms with E-state index in [4.69, 9.17) is 9.15 Å². The molecule has 1 aromatic heterocycles. The zero-order chi connectivity index (χ0) is 32.6. The van der Waals surface area contributed by atoms with E-state index in [1.165, 1.54) is 40.9 Å². The van der Waals surface area contributed by atoms with Gasteiger partial charge in [0.1, 0.15) is 17.3 Å². The van der Waals surface area contributed by atoms with Crippen LogP contribution < -0.4 is 10.1 Å². The number of hydrogen-bond donors (Lipinski definition) is 1. The van der Waals surface area contributed by atoms with E-state index >= 15 is 0 Å². The van der Waals surface area contributed by atoms with Crippen LogP contribution in [0.25, 0.3) is 17.2 Å². The van der Waals surface area contributed by atoms with E-state index in [1.54, 1.807) is 48.9 Å². The molecule has 4 aromatic carbocycles. The Morgan fingerprint density at radius 3 is 2.47 bits per heavy atom. The Kier molecular flexibility index (Phi) is 10.0. The van der Waals surface area contributed by atoms with Gasteiger partial charge in [-0.15, -0.1) is 5.10 Å². The van der Waals surface area contributed by atoms with Gasteiger partial charge in [0.15, 0.2) is 11.8 Å². The summed E-state index contributed by atoms with van der Waals surface area (Å²) >= 11 is 4.65. The van der Waals surface area contributed by atoms with Crippen LogP contribution in [-0.4, -0.2) is 34.7 Å². The molecule has 6 rings (SSSR count). The Balaban J connectivity index is 1.20. The summed E-state index contributed by atoms with van der Waals surface area (Å²) in [6.45, 7) is -0.129. The highest BCUT2D eigenvalue weighted by molar-refractivity contribution is 9.10. The summed E-state index contributed by atoms with van der Waals surface area (Å²) < 4.78 is 25.3. The lowest BCUT2D eigenvalue weighted by molar-refractivity contribution is -0.122. The van der Waals surface area contributed by atoms with Gasteiger partial charge < -0.3 is 14.5 Å². The number of carbonyl (C=O) groups is 2. The first-order valence-electron chi connectivity index (χ1n) is 14.4. The third kappa shape index (κ3) is 8.32. The summed E-state index contributed by atoms with van der Waals surface area (Å²) in [7, 11) is 0. The highest BCUT2D eigenvalue weighted by Gasteiger charge is 2.34. The zero-order valence-electron chi connectivity index (χ0n) is 24.7. The molecule has 8 nitrogen and oxygen atoms in total. The fourth-order valence-corrected chi connectivity index (χ4v) is 5.90. The van der Waals surface area contributed by atoms with Crippen molar-refractivity contribution in [1.29, 1.82) is 0 Å². The Bertz CT molecular complexity index is 1960. The van der Waals surface area contributed by atoms with Crippen molar-refractivity contribution in [2.75, 3.05) is 11.9 Å². The van der Waals surface area contributed by atoms with E-state index < -0.39 is 11.7 Å². The molecule has 1 saturated heterocycles. The minimum atomic E-state index is -0.420. The zero-order valence-corrected chi connectivity index (χ0v) is 27.1. The molecule has 5 aromatic rings. The quantitative estimate of drug-likeness (QED) is 0.0894. The number of hydrogen-bond acceptors (Lipinski definition) is 7. The van der Waals surface area contributed by atoms with Gasteiger partial charge in [-0.25, -0.2) is 4.39 Å². The number of halogens is 2. The van der Waals surface area contributed by atoms with Gasteiger partial charge in [0.05, 0.1) is 23.9 Å². The minimum absolute atomic E-state index is 0.168. The van der Waals surface area contributed by atoms with Gasteiger partial charge in [0.25, 0.3) is 11.8 Å². The molecule has 0 aliphatic carbocycles. The molecule has 0 spiro atoms. The van der Waals surface area contributed by atoms with Crippen LogP contribution in [0.15, 0.2) is 139 Å². The van der Waals surface area contributed by atoms with E-state index in [0.717, 1.165) is 21.2 Å². The van der Waals surface area contributed by atoms with Gasteiger partial charge in [0, 0.05) is 15.7 Å². The molecule has 2 amide bonds. The number of ether oxygens (including phenoxy) is 1. The van der Waals surface area contributed by atoms with Crippen molar-refractivity contribution in [2.24, 2.45) is 10.2 Å². The average molecular weight is 710 g/mol. The normalized spacial score (nSPS) is 14.8. The number of amides is 2. The highest BCUT2D eigenvalue weighted by atomic mass is 79.9. The van der Waals surface area contributed by atoms with Crippen molar-refractivity contribution < 1.29 is 23.1 Å². The molecule has 234 valence electrons. The lowest BCUT2D eigenvalue weighted by atomic mass is 10.0. The summed E-state index contributed by atoms with van der Waals surface area (Å²) in [4.78, 5) is 28.1. The number of amidine groups is 1. The van der Waals surface area contributed by atoms with Crippen LogP contribution in [0.2, 0.25) is 0 Å². The first-order valence-corrected chi connectivity index (χ1v) is 16.0. The third-order valence-electron chi connectivity index (χ3n) is 6.90. The van der Waals surface area contributed by atoms with Gasteiger partial charge in [0.2, 0.25) is 0 Å². The summed E-state index contributed by atoms with van der Waals surface area (Å²) in [5.74, 6) is -0.124. The smallest absolute Gasteiger partial charge is 0.267 e. The van der Waals surface area contributed by atoms with E-state index in [2.05, 4.69) is 43.6 Å². The number of rotatable bonds is 10. The second kappa shape index (κ2) is 14.9. The van der Waals surface area contributed by atoms with Crippen LogP contribution in [0.1, 0.15) is 16.9 Å². The maximum atomic E-state index is 13.7. The molecule has 1 aliphatic rings. The maximum absolute atomic E-state index is 13.7. The van der Waals surface area contributed by atoms with Crippen molar-refractivity contribution >= 4 is 62.7 Å². The number of nitrogens with zero attached hydrogens (tertiary/aromatic N) is 3. The van der Waals surface area contributed by atoms with Crippen LogP contribution in [0.5, 0.6) is 5.75 Å². The Labute approximate surface area is 282 Å². The summed E-state index contributed by atoms with van der Waals surface area (Å²) in [6.07, 6.45) is 4.87. The van der Waals surface area contributed by atoms with Crippen LogP contribution >= 0.6 is 27.7 Å². The Morgan fingerprint density at radius 2 is 1.72 bits per heavy atom. The lowest BCUT2D eigenvalue weighted by Gasteiger charge is -2.13. The highest BCUT2D eigenvalue weighted by Crippen LogP contribution is 2.36. The van der Waals surface area contributed by atoms with Crippen molar-refractivity contribution in [3.63, 3.8) is 0 Å². The van der Waals surface area contributed by atoms with Crippen molar-refractivity contribution in [2.45, 2.75) is 6.54 Å². The molecule has 1 N–H and O–H groups in total. The molecule has 1 fully saturated rings. The summed E-state index contributed by atoms with van der Waals surface area (Å²) in [5, 5.41) is 11.7. The SMILES string of the molecule is O=C(COc1ccc(Br)cc1/C=C1\S/C(=N/N=C\c2ccc(-c3ccccc3)cc2)N(Cc2ccco2)C1=O)Nc1ccc(F)cc1. The second-order valence-electron chi connectivity index (χ2n) is 10.2. The monoisotopic (exact) mass is 708 g/mol. The number of furan rings is 1. The first kappa shape index (κ1) is 31.7. The molecule has 0 saturated carbocycles. The van der Waals surface area contributed by atoms with Crippen LogP contribution in [0, 0.1) is 5.82 Å². The molecule has 1 aliphatic heterocycles. The predicted molar refractivity (Wildman–Crippen MR) is 186 cm³/mol. The van der Waals surface area contributed by atoms with Gasteiger partial charge in [-0.1, -0.05) is 70.5 Å².